The van der Waals surface area contributed by atoms with E-state index in [1.54, 1.807) is 27.2 Å². The number of halogens is 1. The van der Waals surface area contributed by atoms with E-state index in [0.717, 1.165) is 10.6 Å². The second kappa shape index (κ2) is 6.34. The number of hydrogen-bond donors (Lipinski definition) is 0. The van der Waals surface area contributed by atoms with Gasteiger partial charge in [0.25, 0.3) is 0 Å². The molecule has 0 N–H and O–H groups in total. The molecule has 0 spiro atoms. The maximum Gasteiger partial charge on any atom is 0.243 e. The zero-order valence-electron chi connectivity index (χ0n) is 12.6. The molecule has 1 amide bonds. The first-order chi connectivity index (χ1) is 10.6. The highest BCUT2D eigenvalue weighted by atomic mass is 35.5. The number of hydrogen-bond acceptors (Lipinski definition) is 5. The molecule has 1 saturated carbocycles. The molecule has 2 aromatic heterocycles. The van der Waals surface area contributed by atoms with Crippen molar-refractivity contribution in [3.8, 4) is 0 Å². The van der Waals surface area contributed by atoms with Gasteiger partial charge < -0.3 is 0 Å². The van der Waals surface area contributed by atoms with Gasteiger partial charge in [-0.1, -0.05) is 0 Å². The number of alkyl halides is 1. The summed E-state index contributed by atoms with van der Waals surface area (Å²) in [5.74, 6) is 0.842. The van der Waals surface area contributed by atoms with Crippen LogP contribution < -0.4 is 4.90 Å². The van der Waals surface area contributed by atoms with Crippen LogP contribution in [0.4, 0.5) is 5.82 Å². The summed E-state index contributed by atoms with van der Waals surface area (Å²) in [6, 6.07) is 0.145. The minimum Gasteiger partial charge on any atom is -0.288 e. The fourth-order valence-corrected chi connectivity index (χ4v) is 3.22. The third-order valence-electron chi connectivity index (χ3n) is 3.59. The Morgan fingerprint density at radius 1 is 1.55 bits per heavy atom. The maximum absolute atomic E-state index is 12.2. The van der Waals surface area contributed by atoms with Crippen molar-refractivity contribution in [3.05, 3.63) is 22.3 Å². The molecule has 0 atom stereocenters. The summed E-state index contributed by atoms with van der Waals surface area (Å²) in [5.41, 5.74) is 2.96. The van der Waals surface area contributed by atoms with Crippen LogP contribution in [0.2, 0.25) is 0 Å². The third-order valence-corrected chi connectivity index (χ3v) is 4.65. The molecule has 1 aliphatic carbocycles. The smallest absolute Gasteiger partial charge is 0.243 e. The topological polar surface area (TPSA) is 63.9 Å². The average molecular weight is 340 g/mol. The molecule has 8 heteroatoms. The van der Waals surface area contributed by atoms with E-state index in [1.165, 1.54) is 12.8 Å². The van der Waals surface area contributed by atoms with Crippen molar-refractivity contribution in [2.75, 3.05) is 10.8 Å². The number of thiazole rings is 1. The van der Waals surface area contributed by atoms with Crippen LogP contribution >= 0.6 is 22.9 Å². The van der Waals surface area contributed by atoms with Crippen molar-refractivity contribution in [1.82, 2.24) is 20.0 Å². The predicted molar refractivity (Wildman–Crippen MR) is 86.4 cm³/mol. The average Bonchev–Trinajstić information content (AvgIpc) is 3.04. The Labute approximate surface area is 138 Å². The lowest BCUT2D eigenvalue weighted by molar-refractivity contribution is -0.116. The summed E-state index contributed by atoms with van der Waals surface area (Å²) in [7, 11) is 0. The van der Waals surface area contributed by atoms with Gasteiger partial charge in [-0.25, -0.2) is 4.98 Å². The van der Waals surface area contributed by atoms with Crippen molar-refractivity contribution in [2.45, 2.75) is 45.2 Å². The number of rotatable bonds is 6. The summed E-state index contributed by atoms with van der Waals surface area (Å²) < 4.78 is 0. The predicted octanol–water partition coefficient (Wildman–Crippen LogP) is 2.96. The molecule has 0 radical (unpaired) electrons. The van der Waals surface area contributed by atoms with E-state index in [2.05, 4.69) is 15.2 Å². The van der Waals surface area contributed by atoms with Gasteiger partial charge in [0.2, 0.25) is 5.91 Å². The molecule has 2 aromatic rings. The molecule has 1 fully saturated rings. The molecule has 3 rings (SSSR count). The van der Waals surface area contributed by atoms with Gasteiger partial charge in [-0.3, -0.25) is 9.69 Å². The molecule has 0 saturated heterocycles. The van der Waals surface area contributed by atoms with E-state index >= 15 is 0 Å². The van der Waals surface area contributed by atoms with Crippen LogP contribution in [0.15, 0.2) is 11.7 Å². The van der Waals surface area contributed by atoms with Crippen LogP contribution in [0.1, 0.15) is 49.2 Å². The van der Waals surface area contributed by atoms with Gasteiger partial charge in [-0.2, -0.15) is 9.90 Å². The third kappa shape index (κ3) is 3.15. The highest BCUT2D eigenvalue weighted by Crippen LogP contribution is 2.42. The molecule has 0 bridgehead atoms. The lowest BCUT2D eigenvalue weighted by atomic mass is 10.2. The van der Waals surface area contributed by atoms with E-state index in [0.29, 0.717) is 18.3 Å². The Balaban J connectivity index is 1.85. The summed E-state index contributed by atoms with van der Waals surface area (Å²) in [5, 5.41) is 8.59. The number of nitrogens with zero attached hydrogens (tertiary/aromatic N) is 5. The lowest BCUT2D eigenvalue weighted by Gasteiger charge is -2.18. The Morgan fingerprint density at radius 2 is 2.32 bits per heavy atom. The largest absolute Gasteiger partial charge is 0.288 e. The summed E-state index contributed by atoms with van der Waals surface area (Å²) in [6.45, 7) is 4.44. The van der Waals surface area contributed by atoms with E-state index in [1.807, 2.05) is 19.4 Å². The SMILES string of the molecule is CC(C)n1ncc(N(Cc2scnc2C2CC2)C(=O)CCl)n1. The quantitative estimate of drug-likeness (QED) is 0.759. The van der Waals surface area contributed by atoms with Gasteiger partial charge in [-0.05, 0) is 26.7 Å². The van der Waals surface area contributed by atoms with Crippen molar-refractivity contribution < 1.29 is 4.79 Å². The van der Waals surface area contributed by atoms with Crippen molar-refractivity contribution in [3.63, 3.8) is 0 Å². The first-order valence-electron chi connectivity index (χ1n) is 7.30. The molecule has 2 heterocycles. The standard InChI is InChI=1S/C14H18ClN5OS/c1-9(2)20-17-6-12(18-20)19(13(21)5-15)7-11-14(10-3-4-10)16-8-22-11/h6,8-10H,3-5,7H2,1-2H3. The highest BCUT2D eigenvalue weighted by molar-refractivity contribution is 7.09. The van der Waals surface area contributed by atoms with Gasteiger partial charge >= 0.3 is 0 Å². The first-order valence-corrected chi connectivity index (χ1v) is 8.72. The molecular formula is C14H18ClN5OS. The van der Waals surface area contributed by atoms with Crippen LogP contribution in [-0.4, -0.2) is 31.8 Å². The fraction of sp³-hybridized carbons (Fsp3) is 0.571. The number of aromatic nitrogens is 4. The normalized spacial score (nSPS) is 14.5. The summed E-state index contributed by atoms with van der Waals surface area (Å²) in [6.07, 6.45) is 3.98. The monoisotopic (exact) mass is 339 g/mol. The van der Waals surface area contributed by atoms with Gasteiger partial charge in [0.15, 0.2) is 5.82 Å². The summed E-state index contributed by atoms with van der Waals surface area (Å²) in [4.78, 5) is 21.0. The van der Waals surface area contributed by atoms with Crippen LogP contribution in [0.5, 0.6) is 0 Å². The van der Waals surface area contributed by atoms with Crippen molar-refractivity contribution >= 4 is 34.7 Å². The van der Waals surface area contributed by atoms with Gasteiger partial charge in [0.05, 0.1) is 30.0 Å². The van der Waals surface area contributed by atoms with Gasteiger partial charge in [0.1, 0.15) is 5.88 Å². The second-order valence-corrected chi connectivity index (χ2v) is 6.87. The molecule has 0 aliphatic heterocycles. The molecule has 1 aliphatic rings. The van der Waals surface area contributed by atoms with Crippen LogP contribution in [0, 0.1) is 0 Å². The molecule has 22 heavy (non-hydrogen) atoms. The summed E-state index contributed by atoms with van der Waals surface area (Å²) >= 11 is 7.34. The second-order valence-electron chi connectivity index (χ2n) is 5.67. The van der Waals surface area contributed by atoms with Crippen molar-refractivity contribution in [2.24, 2.45) is 0 Å². The fourth-order valence-electron chi connectivity index (χ4n) is 2.24. The van der Waals surface area contributed by atoms with Crippen LogP contribution in [0.25, 0.3) is 0 Å². The number of carbonyl (C=O) groups excluding carboxylic acids is 1. The maximum atomic E-state index is 12.2. The zero-order chi connectivity index (χ0) is 15.7. The molecule has 6 nitrogen and oxygen atoms in total. The molecule has 118 valence electrons. The van der Waals surface area contributed by atoms with E-state index in [4.69, 9.17) is 11.6 Å². The first kappa shape index (κ1) is 15.4. The molecular weight excluding hydrogens is 322 g/mol. The molecule has 0 aromatic carbocycles. The van der Waals surface area contributed by atoms with E-state index < -0.39 is 0 Å². The van der Waals surface area contributed by atoms with Crippen molar-refractivity contribution in [1.29, 1.82) is 0 Å². The Kier molecular flexibility index (Phi) is 4.44. The number of carbonyl (C=O) groups is 1. The highest BCUT2D eigenvalue weighted by Gasteiger charge is 2.30. The Bertz CT molecular complexity index is 664. The van der Waals surface area contributed by atoms with Crippen LogP contribution in [-0.2, 0) is 11.3 Å². The minimum atomic E-state index is -0.174. The Morgan fingerprint density at radius 3 is 2.91 bits per heavy atom. The van der Waals surface area contributed by atoms with Gasteiger partial charge in [0, 0.05) is 10.8 Å². The number of amides is 1. The van der Waals surface area contributed by atoms with E-state index in [-0.39, 0.29) is 17.8 Å². The molecule has 0 unspecified atom stereocenters. The van der Waals surface area contributed by atoms with E-state index in [9.17, 15) is 4.79 Å². The Hall–Kier alpha value is -1.47. The lowest BCUT2D eigenvalue weighted by Crippen LogP contribution is -2.32. The minimum absolute atomic E-state index is 0.0773. The van der Waals surface area contributed by atoms with Gasteiger partial charge in [-0.15, -0.1) is 28.0 Å². The van der Waals surface area contributed by atoms with Crippen LogP contribution in [0.3, 0.4) is 0 Å². The zero-order valence-corrected chi connectivity index (χ0v) is 14.1. The number of anilines is 1.